The van der Waals surface area contributed by atoms with Crippen LogP contribution >= 0.6 is 11.6 Å². The summed E-state index contributed by atoms with van der Waals surface area (Å²) in [5.41, 5.74) is 3.65. The zero-order valence-corrected chi connectivity index (χ0v) is 19.2. The Bertz CT molecular complexity index is 1190. The largest absolute Gasteiger partial charge is 0.434 e. The van der Waals surface area contributed by atoms with Crippen molar-refractivity contribution in [2.75, 3.05) is 31.5 Å². The van der Waals surface area contributed by atoms with E-state index in [1.165, 1.54) is 52.6 Å². The van der Waals surface area contributed by atoms with Crippen molar-refractivity contribution >= 4 is 41.7 Å². The summed E-state index contributed by atoms with van der Waals surface area (Å²) in [6, 6.07) is 5.46. The van der Waals surface area contributed by atoms with Gasteiger partial charge in [-0.15, -0.1) is 0 Å². The highest BCUT2D eigenvalue weighted by Crippen LogP contribution is 2.19. The molecule has 2 heterocycles. The van der Waals surface area contributed by atoms with Gasteiger partial charge in [-0.25, -0.2) is 14.4 Å². The molecule has 12 nitrogen and oxygen atoms in total. The smallest absolute Gasteiger partial charge is 0.405 e. The quantitative estimate of drug-likeness (QED) is 0.597. The highest BCUT2D eigenvalue weighted by Gasteiger charge is 2.37. The number of nitrogens with zero attached hydrogens (tertiary/aromatic N) is 4. The Balaban J connectivity index is 1.61. The molecular formula is C21H23ClN6O6. The number of ether oxygens (including phenoxy) is 1. The van der Waals surface area contributed by atoms with Crippen LogP contribution in [0.2, 0.25) is 5.02 Å². The summed E-state index contributed by atoms with van der Waals surface area (Å²) in [5.74, 6) is -0.366. The predicted molar refractivity (Wildman–Crippen MR) is 122 cm³/mol. The summed E-state index contributed by atoms with van der Waals surface area (Å²) in [5, 5.41) is 2.76. The zero-order chi connectivity index (χ0) is 25.0. The van der Waals surface area contributed by atoms with E-state index in [9.17, 15) is 24.0 Å². The van der Waals surface area contributed by atoms with Gasteiger partial charge in [-0.3, -0.25) is 19.5 Å². The SMILES string of the molecule is CC(C)(OC(N)=O)C(=O)N1CCN(C(=O)Nc2ccn(-c3ccc(C=O)c(Cl)c3)c(=O)n2)CC1. The van der Waals surface area contributed by atoms with Crippen molar-refractivity contribution in [1.29, 1.82) is 0 Å². The topological polar surface area (TPSA) is 157 Å². The molecule has 0 radical (unpaired) electrons. The number of amides is 4. The third-order valence-corrected chi connectivity index (χ3v) is 5.48. The fourth-order valence-corrected chi connectivity index (χ4v) is 3.63. The van der Waals surface area contributed by atoms with Crippen molar-refractivity contribution in [2.24, 2.45) is 5.73 Å². The molecule has 2 aromatic rings. The molecular weight excluding hydrogens is 468 g/mol. The molecule has 1 aliphatic heterocycles. The lowest BCUT2D eigenvalue weighted by Crippen LogP contribution is -2.56. The molecule has 3 rings (SSSR count). The number of carbonyl (C=O) groups is 4. The van der Waals surface area contributed by atoms with Gasteiger partial charge in [0.15, 0.2) is 11.9 Å². The highest BCUT2D eigenvalue weighted by molar-refractivity contribution is 6.33. The fraction of sp³-hybridized carbons (Fsp3) is 0.333. The van der Waals surface area contributed by atoms with E-state index in [0.29, 0.717) is 17.5 Å². The second-order valence-electron chi connectivity index (χ2n) is 7.93. The third kappa shape index (κ3) is 5.52. The Hall–Kier alpha value is -3.93. The summed E-state index contributed by atoms with van der Waals surface area (Å²) < 4.78 is 6.09. The minimum atomic E-state index is -1.41. The van der Waals surface area contributed by atoms with E-state index in [-0.39, 0.29) is 37.0 Å². The molecule has 1 saturated heterocycles. The van der Waals surface area contributed by atoms with Crippen LogP contribution in [0.5, 0.6) is 0 Å². The Morgan fingerprint density at radius 1 is 1.15 bits per heavy atom. The van der Waals surface area contributed by atoms with Crippen molar-refractivity contribution in [3.63, 3.8) is 0 Å². The van der Waals surface area contributed by atoms with Gasteiger partial charge in [0.05, 0.1) is 10.7 Å². The molecule has 13 heteroatoms. The summed E-state index contributed by atoms with van der Waals surface area (Å²) >= 11 is 6.01. The lowest BCUT2D eigenvalue weighted by Gasteiger charge is -2.37. The van der Waals surface area contributed by atoms with Crippen LogP contribution in [-0.4, -0.2) is 75.4 Å². The summed E-state index contributed by atoms with van der Waals surface area (Å²) in [4.78, 5) is 66.3. The first-order valence-electron chi connectivity index (χ1n) is 10.2. The van der Waals surface area contributed by atoms with Gasteiger partial charge in [0.2, 0.25) is 0 Å². The number of aromatic nitrogens is 2. The third-order valence-electron chi connectivity index (χ3n) is 5.15. The van der Waals surface area contributed by atoms with Gasteiger partial charge >= 0.3 is 17.8 Å². The molecule has 1 aromatic carbocycles. The second-order valence-corrected chi connectivity index (χ2v) is 8.34. The van der Waals surface area contributed by atoms with Crippen molar-refractivity contribution < 1.29 is 23.9 Å². The monoisotopic (exact) mass is 490 g/mol. The molecule has 1 fully saturated rings. The number of urea groups is 1. The number of piperazine rings is 1. The highest BCUT2D eigenvalue weighted by atomic mass is 35.5. The number of anilines is 1. The minimum Gasteiger partial charge on any atom is -0.434 e. The van der Waals surface area contributed by atoms with E-state index >= 15 is 0 Å². The number of nitrogens with two attached hydrogens (primary N) is 1. The number of nitrogens with one attached hydrogen (secondary N) is 1. The Morgan fingerprint density at radius 3 is 2.35 bits per heavy atom. The lowest BCUT2D eigenvalue weighted by molar-refractivity contribution is -0.149. The van der Waals surface area contributed by atoms with Gasteiger partial charge in [-0.2, -0.15) is 4.98 Å². The number of carbonyl (C=O) groups excluding carboxylic acids is 4. The Labute approximate surface area is 199 Å². The number of benzene rings is 1. The van der Waals surface area contributed by atoms with Crippen molar-refractivity contribution in [1.82, 2.24) is 19.4 Å². The van der Waals surface area contributed by atoms with Gasteiger partial charge in [-0.1, -0.05) is 11.6 Å². The average molecular weight is 491 g/mol. The van der Waals surface area contributed by atoms with Crippen LogP contribution in [0, 0.1) is 0 Å². The predicted octanol–water partition coefficient (Wildman–Crippen LogP) is 1.25. The summed E-state index contributed by atoms with van der Waals surface area (Å²) in [6.45, 7) is 3.79. The minimum absolute atomic E-state index is 0.0522. The summed E-state index contributed by atoms with van der Waals surface area (Å²) in [6.07, 6.45) is 0.984. The van der Waals surface area contributed by atoms with Gasteiger partial charge in [-0.05, 0) is 38.1 Å². The molecule has 0 saturated carbocycles. The number of aldehydes is 1. The van der Waals surface area contributed by atoms with Gasteiger partial charge < -0.3 is 20.3 Å². The fourth-order valence-electron chi connectivity index (χ4n) is 3.41. The van der Waals surface area contributed by atoms with Crippen LogP contribution in [0.3, 0.4) is 0 Å². The van der Waals surface area contributed by atoms with E-state index in [0.717, 1.165) is 0 Å². The van der Waals surface area contributed by atoms with Crippen molar-refractivity contribution in [2.45, 2.75) is 19.4 Å². The first kappa shape index (κ1) is 24.7. The zero-order valence-electron chi connectivity index (χ0n) is 18.5. The number of primary amides is 1. The number of hydrogen-bond donors (Lipinski definition) is 2. The maximum atomic E-state index is 12.6. The van der Waals surface area contributed by atoms with Crippen LogP contribution in [0.15, 0.2) is 35.3 Å². The normalized spacial score (nSPS) is 13.9. The van der Waals surface area contributed by atoms with E-state index in [1.54, 1.807) is 6.07 Å². The van der Waals surface area contributed by atoms with Gasteiger partial charge in [0.1, 0.15) is 5.82 Å². The van der Waals surface area contributed by atoms with E-state index in [1.807, 2.05) is 0 Å². The van der Waals surface area contributed by atoms with Crippen molar-refractivity contribution in [3.8, 4) is 5.69 Å². The molecule has 0 spiro atoms. The average Bonchev–Trinajstić information content (AvgIpc) is 2.78. The molecule has 0 atom stereocenters. The maximum absolute atomic E-state index is 12.6. The molecule has 34 heavy (non-hydrogen) atoms. The van der Waals surface area contributed by atoms with Gasteiger partial charge in [0.25, 0.3) is 5.91 Å². The van der Waals surface area contributed by atoms with Crippen LogP contribution in [0.1, 0.15) is 24.2 Å². The van der Waals surface area contributed by atoms with Crippen LogP contribution in [0.4, 0.5) is 15.4 Å². The number of halogens is 1. The first-order valence-corrected chi connectivity index (χ1v) is 10.6. The van der Waals surface area contributed by atoms with Crippen LogP contribution in [0.25, 0.3) is 5.69 Å². The van der Waals surface area contributed by atoms with E-state index in [2.05, 4.69) is 10.3 Å². The molecule has 4 amide bonds. The molecule has 0 unspecified atom stereocenters. The maximum Gasteiger partial charge on any atom is 0.405 e. The number of rotatable bonds is 5. The molecule has 1 aliphatic rings. The van der Waals surface area contributed by atoms with Gasteiger partial charge in [0, 0.05) is 37.9 Å². The summed E-state index contributed by atoms with van der Waals surface area (Å²) in [7, 11) is 0. The Kier molecular flexibility index (Phi) is 7.20. The Morgan fingerprint density at radius 2 is 1.79 bits per heavy atom. The lowest BCUT2D eigenvalue weighted by atomic mass is 10.1. The molecule has 3 N–H and O–H groups in total. The van der Waals surface area contributed by atoms with E-state index < -0.39 is 29.3 Å². The number of hydrogen-bond acceptors (Lipinski definition) is 7. The molecule has 0 bridgehead atoms. The molecule has 0 aliphatic carbocycles. The second kappa shape index (κ2) is 9.91. The standard InChI is InChI=1S/C21H23ClN6O6/c1-21(2,34-18(23)31)17(30)26-7-9-27(10-8-26)19(32)24-16-5-6-28(20(33)25-16)14-4-3-13(12-29)15(22)11-14/h3-6,11-12H,7-10H2,1-2H3,(H2,23,31)(H,24,25,32,33). The molecule has 1 aromatic heterocycles. The molecule has 180 valence electrons. The van der Waals surface area contributed by atoms with E-state index in [4.69, 9.17) is 22.1 Å². The van der Waals surface area contributed by atoms with Crippen molar-refractivity contribution in [3.05, 3.63) is 51.5 Å². The van der Waals surface area contributed by atoms with Crippen LogP contribution < -0.4 is 16.7 Å². The van der Waals surface area contributed by atoms with Crippen LogP contribution in [-0.2, 0) is 9.53 Å². The first-order chi connectivity index (χ1) is 16.0.